The van der Waals surface area contributed by atoms with Gasteiger partial charge in [0.15, 0.2) is 5.11 Å². The van der Waals surface area contributed by atoms with Crippen LogP contribution in [0.3, 0.4) is 0 Å². The zero-order chi connectivity index (χ0) is 28.3. The fraction of sp³-hybridized carbons (Fsp3) is 0.345. The van der Waals surface area contributed by atoms with Crippen molar-refractivity contribution in [3.8, 4) is 5.75 Å². The van der Waals surface area contributed by atoms with E-state index in [0.717, 1.165) is 38.2 Å². The Morgan fingerprint density at radius 1 is 1.10 bits per heavy atom. The number of aliphatic carboxylic acids is 2. The van der Waals surface area contributed by atoms with Gasteiger partial charge >= 0.3 is 11.9 Å². The van der Waals surface area contributed by atoms with E-state index in [2.05, 4.69) is 15.5 Å². The molecule has 10 heteroatoms. The molecule has 208 valence electrons. The van der Waals surface area contributed by atoms with Gasteiger partial charge in [-0.05, 0) is 74.8 Å². The Hall–Kier alpha value is -3.76. The standard InChI is InChI=1S/C20H24FN3OS.C9H10O4/c21-16-6-8-19(9-7-16)25-15-14-24-12-10-18(11-13-24)23-20(26)22-17-4-2-1-3-5-17;1-9(8(12)13)4-2-3-6(5-9)7(10)11/h1-9,18H,10-15H2,(H2,22,23,26);2-4H,5H2,1H3,(H,10,11)(H,12,13). The van der Waals surface area contributed by atoms with Gasteiger partial charge in [-0.25, -0.2) is 9.18 Å². The molecule has 0 bridgehead atoms. The molecule has 1 saturated heterocycles. The number of carboxylic acids is 2. The van der Waals surface area contributed by atoms with Gasteiger partial charge < -0.3 is 25.6 Å². The number of halogens is 1. The molecule has 8 nitrogen and oxygen atoms in total. The SMILES string of the molecule is CC1(C(=O)O)C=CC=C(C(=O)O)C1.Fc1ccc(OCCN2CCC(NC(=S)Nc3ccccc3)CC2)cc1. The van der Waals surface area contributed by atoms with Crippen molar-refractivity contribution in [2.24, 2.45) is 5.41 Å². The van der Waals surface area contributed by atoms with Crippen LogP contribution >= 0.6 is 12.2 Å². The molecular formula is C29H34FN3O5S. The Bertz CT molecular complexity index is 1180. The molecule has 1 atom stereocenters. The first-order valence-electron chi connectivity index (χ1n) is 12.7. The lowest BCUT2D eigenvalue weighted by atomic mass is 9.80. The highest BCUT2D eigenvalue weighted by atomic mass is 32.1. The average Bonchev–Trinajstić information content (AvgIpc) is 2.92. The van der Waals surface area contributed by atoms with E-state index >= 15 is 0 Å². The van der Waals surface area contributed by atoms with Gasteiger partial charge in [0, 0.05) is 36.9 Å². The summed E-state index contributed by atoms with van der Waals surface area (Å²) in [7, 11) is 0. The lowest BCUT2D eigenvalue weighted by Crippen LogP contribution is -2.46. The fourth-order valence-electron chi connectivity index (χ4n) is 4.18. The van der Waals surface area contributed by atoms with Gasteiger partial charge in [0.1, 0.15) is 18.2 Å². The number of piperidine rings is 1. The number of para-hydroxylation sites is 1. The largest absolute Gasteiger partial charge is 0.492 e. The Kier molecular flexibility index (Phi) is 11.0. The van der Waals surface area contributed by atoms with E-state index in [1.807, 2.05) is 30.3 Å². The zero-order valence-corrected chi connectivity index (χ0v) is 22.6. The molecule has 4 rings (SSSR count). The van der Waals surface area contributed by atoms with E-state index in [9.17, 15) is 14.0 Å². The minimum atomic E-state index is -1.08. The predicted molar refractivity (Wildman–Crippen MR) is 152 cm³/mol. The van der Waals surface area contributed by atoms with Crippen molar-refractivity contribution in [2.75, 3.05) is 31.6 Å². The number of rotatable bonds is 8. The minimum Gasteiger partial charge on any atom is -0.492 e. The summed E-state index contributed by atoms with van der Waals surface area (Å²) in [4.78, 5) is 23.7. The molecule has 1 heterocycles. The van der Waals surface area contributed by atoms with Gasteiger partial charge in [0.2, 0.25) is 0 Å². The number of hydrogen-bond acceptors (Lipinski definition) is 5. The molecule has 1 unspecified atom stereocenters. The van der Waals surface area contributed by atoms with E-state index in [1.165, 1.54) is 37.3 Å². The van der Waals surface area contributed by atoms with Gasteiger partial charge in [-0.15, -0.1) is 0 Å². The van der Waals surface area contributed by atoms with Crippen LogP contribution in [0.2, 0.25) is 0 Å². The van der Waals surface area contributed by atoms with E-state index in [0.29, 0.717) is 23.5 Å². The first kappa shape index (κ1) is 29.8. The van der Waals surface area contributed by atoms with E-state index in [1.54, 1.807) is 12.1 Å². The normalized spacial score (nSPS) is 19.2. The first-order valence-corrected chi connectivity index (χ1v) is 13.1. The maximum atomic E-state index is 12.9. The quantitative estimate of drug-likeness (QED) is 0.344. The Balaban J connectivity index is 0.000000272. The van der Waals surface area contributed by atoms with Crippen molar-refractivity contribution in [1.29, 1.82) is 0 Å². The van der Waals surface area contributed by atoms with Gasteiger partial charge in [-0.3, -0.25) is 9.69 Å². The van der Waals surface area contributed by atoms with Crippen LogP contribution in [-0.4, -0.2) is 64.4 Å². The molecule has 1 fully saturated rings. The van der Waals surface area contributed by atoms with Crippen LogP contribution in [0.1, 0.15) is 26.2 Å². The second kappa shape index (κ2) is 14.4. The van der Waals surface area contributed by atoms with Crippen LogP contribution in [0.4, 0.5) is 10.1 Å². The maximum Gasteiger partial charge on any atom is 0.331 e. The number of nitrogens with zero attached hydrogens (tertiary/aromatic N) is 1. The molecule has 2 aromatic carbocycles. The molecule has 0 saturated carbocycles. The number of benzene rings is 2. The van der Waals surface area contributed by atoms with Crippen LogP contribution in [-0.2, 0) is 9.59 Å². The van der Waals surface area contributed by atoms with Crippen LogP contribution in [0.15, 0.2) is 78.4 Å². The number of nitrogens with one attached hydrogen (secondary N) is 2. The van der Waals surface area contributed by atoms with Crippen LogP contribution in [0, 0.1) is 11.2 Å². The number of carbonyl (C=O) groups is 2. The van der Waals surface area contributed by atoms with Crippen molar-refractivity contribution in [2.45, 2.75) is 32.2 Å². The van der Waals surface area contributed by atoms with Crippen molar-refractivity contribution in [3.63, 3.8) is 0 Å². The highest BCUT2D eigenvalue weighted by molar-refractivity contribution is 7.80. The number of allylic oxidation sites excluding steroid dienone is 2. The summed E-state index contributed by atoms with van der Waals surface area (Å²) in [5.41, 5.74) is 0.0513. The topological polar surface area (TPSA) is 111 Å². The van der Waals surface area contributed by atoms with Gasteiger partial charge in [0.05, 0.1) is 5.41 Å². The molecule has 1 aliphatic heterocycles. The monoisotopic (exact) mass is 555 g/mol. The van der Waals surface area contributed by atoms with Crippen molar-refractivity contribution >= 4 is 35.0 Å². The third kappa shape index (κ3) is 9.81. The molecule has 4 N–H and O–H groups in total. The van der Waals surface area contributed by atoms with Crippen molar-refractivity contribution in [3.05, 3.63) is 84.2 Å². The van der Waals surface area contributed by atoms with E-state index in [4.69, 9.17) is 27.2 Å². The van der Waals surface area contributed by atoms with E-state index in [-0.39, 0.29) is 17.8 Å². The second-order valence-corrected chi connectivity index (χ2v) is 10.0. The summed E-state index contributed by atoms with van der Waals surface area (Å²) in [5, 5.41) is 24.8. The molecule has 0 spiro atoms. The first-order chi connectivity index (χ1) is 18.6. The Morgan fingerprint density at radius 3 is 2.38 bits per heavy atom. The number of likely N-dealkylation sites (tertiary alicyclic amines) is 1. The molecule has 2 aromatic rings. The second-order valence-electron chi connectivity index (χ2n) is 9.64. The van der Waals surface area contributed by atoms with Gasteiger partial charge in [0.25, 0.3) is 0 Å². The average molecular weight is 556 g/mol. The van der Waals surface area contributed by atoms with Gasteiger partial charge in [-0.1, -0.05) is 36.4 Å². The summed E-state index contributed by atoms with van der Waals surface area (Å²) in [6.07, 6.45) is 6.53. The smallest absolute Gasteiger partial charge is 0.331 e. The highest BCUT2D eigenvalue weighted by Gasteiger charge is 2.34. The third-order valence-electron chi connectivity index (χ3n) is 6.53. The van der Waals surface area contributed by atoms with Gasteiger partial charge in [-0.2, -0.15) is 0 Å². The van der Waals surface area contributed by atoms with E-state index < -0.39 is 17.4 Å². The molecule has 0 amide bonds. The molecule has 0 radical (unpaired) electrons. The summed E-state index contributed by atoms with van der Waals surface area (Å²) in [6, 6.07) is 16.5. The Morgan fingerprint density at radius 2 is 1.77 bits per heavy atom. The van der Waals surface area contributed by atoms with Crippen LogP contribution in [0.5, 0.6) is 5.75 Å². The van der Waals surface area contributed by atoms with Crippen LogP contribution < -0.4 is 15.4 Å². The summed E-state index contributed by atoms with van der Waals surface area (Å²) < 4.78 is 18.5. The fourth-order valence-corrected chi connectivity index (χ4v) is 4.47. The lowest BCUT2D eigenvalue weighted by Gasteiger charge is -2.32. The van der Waals surface area contributed by atoms with Crippen molar-refractivity contribution in [1.82, 2.24) is 10.2 Å². The minimum absolute atomic E-state index is 0.0359. The summed E-state index contributed by atoms with van der Waals surface area (Å²) in [6.45, 7) is 5.01. The maximum absolute atomic E-state index is 12.9. The molecule has 39 heavy (non-hydrogen) atoms. The highest BCUT2D eigenvalue weighted by Crippen LogP contribution is 2.31. The van der Waals surface area contributed by atoms with Crippen molar-refractivity contribution < 1.29 is 28.9 Å². The molecule has 0 aromatic heterocycles. The number of hydrogen-bond donors (Lipinski definition) is 4. The molecule has 2 aliphatic rings. The lowest BCUT2D eigenvalue weighted by molar-refractivity contribution is -0.145. The number of carboxylic acid groups (broad SMARTS) is 2. The predicted octanol–water partition coefficient (Wildman–Crippen LogP) is 4.70. The zero-order valence-electron chi connectivity index (χ0n) is 21.8. The van der Waals surface area contributed by atoms with Crippen LogP contribution in [0.25, 0.3) is 0 Å². The number of thiocarbonyl (C=S) groups is 1. The third-order valence-corrected chi connectivity index (χ3v) is 6.75. The number of ether oxygens (including phenoxy) is 1. The molecule has 1 aliphatic carbocycles. The summed E-state index contributed by atoms with van der Waals surface area (Å²) in [5.74, 6) is -1.60. The molecular weight excluding hydrogens is 521 g/mol. The number of anilines is 1. The summed E-state index contributed by atoms with van der Waals surface area (Å²) >= 11 is 5.40. The Labute approximate surface area is 233 Å².